The molecule has 0 aromatic carbocycles. The minimum atomic E-state index is -2.85. The predicted octanol–water partition coefficient (Wildman–Crippen LogP) is 0.600. The summed E-state index contributed by atoms with van der Waals surface area (Å²) >= 11 is 0. The fourth-order valence-corrected chi connectivity index (χ4v) is 3.65. The minimum absolute atomic E-state index is 0.217. The Kier molecular flexibility index (Phi) is 2.79. The van der Waals surface area contributed by atoms with Gasteiger partial charge in [-0.3, -0.25) is 0 Å². The molecule has 1 aromatic rings. The van der Waals surface area contributed by atoms with E-state index >= 15 is 0 Å². The van der Waals surface area contributed by atoms with Crippen LogP contribution in [0.4, 0.5) is 0 Å². The fraction of sp³-hybridized carbons (Fsp3) is 0.700. The van der Waals surface area contributed by atoms with E-state index in [1.54, 1.807) is 6.20 Å². The lowest BCUT2D eigenvalue weighted by Crippen LogP contribution is -2.34. The molecule has 0 aliphatic carbocycles. The molecule has 90 valence electrons. The van der Waals surface area contributed by atoms with Crippen LogP contribution in [0.5, 0.6) is 0 Å². The van der Waals surface area contributed by atoms with Crippen LogP contribution in [-0.4, -0.2) is 24.9 Å². The van der Waals surface area contributed by atoms with Gasteiger partial charge in [-0.1, -0.05) is 6.92 Å². The van der Waals surface area contributed by atoms with Gasteiger partial charge in [0.05, 0.1) is 24.2 Å². The summed E-state index contributed by atoms with van der Waals surface area (Å²) in [6, 6.07) is 0. The third-order valence-electron chi connectivity index (χ3n) is 3.25. The SMILES string of the molecule is CC1(c2cnc(CN)o2)CCS(=O)(=O)CC1. The van der Waals surface area contributed by atoms with Gasteiger partial charge in [-0.25, -0.2) is 13.4 Å². The van der Waals surface area contributed by atoms with E-state index in [9.17, 15) is 8.42 Å². The van der Waals surface area contributed by atoms with Crippen molar-refractivity contribution >= 4 is 9.84 Å². The third kappa shape index (κ3) is 2.12. The molecule has 1 aromatic heterocycles. The number of hydrogen-bond acceptors (Lipinski definition) is 5. The Morgan fingerprint density at radius 3 is 2.62 bits per heavy atom. The first-order valence-corrected chi connectivity index (χ1v) is 7.13. The monoisotopic (exact) mass is 244 g/mol. The van der Waals surface area contributed by atoms with Crippen molar-refractivity contribution in [2.24, 2.45) is 5.73 Å². The van der Waals surface area contributed by atoms with Gasteiger partial charge in [0, 0.05) is 5.41 Å². The van der Waals surface area contributed by atoms with E-state index in [1.165, 1.54) is 0 Å². The topological polar surface area (TPSA) is 86.2 Å². The molecule has 16 heavy (non-hydrogen) atoms. The molecule has 0 spiro atoms. The molecule has 6 heteroatoms. The van der Waals surface area contributed by atoms with Crippen LogP contribution >= 0.6 is 0 Å². The van der Waals surface area contributed by atoms with Gasteiger partial charge in [0.2, 0.25) is 5.89 Å². The van der Waals surface area contributed by atoms with Crippen LogP contribution in [0.2, 0.25) is 0 Å². The quantitative estimate of drug-likeness (QED) is 0.823. The smallest absolute Gasteiger partial charge is 0.208 e. The summed E-state index contributed by atoms with van der Waals surface area (Å²) in [4.78, 5) is 4.05. The maximum Gasteiger partial charge on any atom is 0.208 e. The van der Waals surface area contributed by atoms with E-state index in [2.05, 4.69) is 4.98 Å². The van der Waals surface area contributed by atoms with Crippen molar-refractivity contribution in [2.75, 3.05) is 11.5 Å². The van der Waals surface area contributed by atoms with Crippen molar-refractivity contribution in [3.8, 4) is 0 Å². The van der Waals surface area contributed by atoms with E-state index in [-0.39, 0.29) is 23.5 Å². The van der Waals surface area contributed by atoms with Gasteiger partial charge in [-0.2, -0.15) is 0 Å². The molecular formula is C10H16N2O3S. The van der Waals surface area contributed by atoms with Crippen LogP contribution in [0.3, 0.4) is 0 Å². The Morgan fingerprint density at radius 1 is 1.50 bits per heavy atom. The zero-order chi connectivity index (χ0) is 11.8. The first-order chi connectivity index (χ1) is 7.45. The van der Waals surface area contributed by atoms with Crippen molar-refractivity contribution < 1.29 is 12.8 Å². The van der Waals surface area contributed by atoms with Crippen molar-refractivity contribution in [1.29, 1.82) is 0 Å². The zero-order valence-electron chi connectivity index (χ0n) is 9.27. The third-order valence-corrected chi connectivity index (χ3v) is 4.90. The minimum Gasteiger partial charge on any atom is -0.444 e. The molecule has 1 aliphatic rings. The Hall–Kier alpha value is -0.880. The Morgan fingerprint density at radius 2 is 2.12 bits per heavy atom. The van der Waals surface area contributed by atoms with Gasteiger partial charge in [0.15, 0.2) is 0 Å². The van der Waals surface area contributed by atoms with Gasteiger partial charge in [0.25, 0.3) is 0 Å². The molecule has 0 bridgehead atoms. The second-order valence-electron chi connectivity index (χ2n) is 4.53. The highest BCUT2D eigenvalue weighted by Gasteiger charge is 2.37. The van der Waals surface area contributed by atoms with Gasteiger partial charge >= 0.3 is 0 Å². The highest BCUT2D eigenvalue weighted by molar-refractivity contribution is 7.91. The average molecular weight is 244 g/mol. The number of hydrogen-bond donors (Lipinski definition) is 1. The highest BCUT2D eigenvalue weighted by Crippen LogP contribution is 2.36. The van der Waals surface area contributed by atoms with Gasteiger partial charge in [-0.15, -0.1) is 0 Å². The van der Waals surface area contributed by atoms with Gasteiger partial charge < -0.3 is 10.2 Å². The average Bonchev–Trinajstić information content (AvgIpc) is 2.72. The lowest BCUT2D eigenvalue weighted by molar-refractivity contribution is 0.319. The lowest BCUT2D eigenvalue weighted by Gasteiger charge is -2.30. The molecule has 1 fully saturated rings. The molecule has 0 amide bonds. The van der Waals surface area contributed by atoms with Crippen LogP contribution in [-0.2, 0) is 21.8 Å². The second-order valence-corrected chi connectivity index (χ2v) is 6.84. The molecule has 5 nitrogen and oxygen atoms in total. The summed E-state index contributed by atoms with van der Waals surface area (Å²) in [7, 11) is -2.85. The second kappa shape index (κ2) is 3.85. The molecule has 0 saturated carbocycles. The van der Waals surface area contributed by atoms with E-state index in [4.69, 9.17) is 10.2 Å². The summed E-state index contributed by atoms with van der Waals surface area (Å²) in [5.41, 5.74) is 5.21. The number of nitrogens with zero attached hydrogens (tertiary/aromatic N) is 1. The predicted molar refractivity (Wildman–Crippen MR) is 59.6 cm³/mol. The highest BCUT2D eigenvalue weighted by atomic mass is 32.2. The molecule has 2 rings (SSSR count). The van der Waals surface area contributed by atoms with Gasteiger partial charge in [-0.05, 0) is 12.8 Å². The summed E-state index contributed by atoms with van der Waals surface area (Å²) in [5, 5.41) is 0. The van der Waals surface area contributed by atoms with E-state index in [0.29, 0.717) is 18.7 Å². The van der Waals surface area contributed by atoms with E-state index in [1.807, 2.05) is 6.92 Å². The van der Waals surface area contributed by atoms with Crippen LogP contribution in [0, 0.1) is 0 Å². The number of sulfone groups is 1. The first-order valence-electron chi connectivity index (χ1n) is 5.31. The molecule has 2 heterocycles. The van der Waals surface area contributed by atoms with Crippen molar-refractivity contribution in [3.63, 3.8) is 0 Å². The number of rotatable bonds is 2. The van der Waals surface area contributed by atoms with Crippen LogP contribution in [0.25, 0.3) is 0 Å². The summed E-state index contributed by atoms with van der Waals surface area (Å²) in [6.45, 7) is 2.29. The molecule has 1 aliphatic heterocycles. The van der Waals surface area contributed by atoms with Crippen LogP contribution in [0.15, 0.2) is 10.6 Å². The van der Waals surface area contributed by atoms with Crippen molar-refractivity contribution in [1.82, 2.24) is 4.98 Å². The normalized spacial score (nSPS) is 23.1. The first kappa shape index (κ1) is 11.6. The van der Waals surface area contributed by atoms with E-state index < -0.39 is 9.84 Å². The van der Waals surface area contributed by atoms with Gasteiger partial charge in [0.1, 0.15) is 15.6 Å². The molecule has 0 radical (unpaired) electrons. The number of oxazole rings is 1. The summed E-state index contributed by atoms with van der Waals surface area (Å²) in [6.07, 6.45) is 2.85. The molecular weight excluding hydrogens is 228 g/mol. The van der Waals surface area contributed by atoms with Crippen molar-refractivity contribution in [2.45, 2.75) is 31.7 Å². The van der Waals surface area contributed by atoms with Crippen molar-refractivity contribution in [3.05, 3.63) is 17.8 Å². The molecule has 1 saturated heterocycles. The molecule has 2 N–H and O–H groups in total. The maximum atomic E-state index is 11.4. The standard InChI is InChI=1S/C10H16N2O3S/c1-10(2-4-16(13,14)5-3-10)8-7-12-9(6-11)15-8/h7H,2-6,11H2,1H3. The summed E-state index contributed by atoms with van der Waals surface area (Å²) < 4.78 is 28.2. The lowest BCUT2D eigenvalue weighted by atomic mass is 9.82. The van der Waals surface area contributed by atoms with E-state index in [0.717, 1.165) is 5.76 Å². The Balaban J connectivity index is 2.20. The molecule has 0 unspecified atom stereocenters. The zero-order valence-corrected chi connectivity index (χ0v) is 10.1. The Bertz CT molecular complexity index is 464. The number of nitrogens with two attached hydrogens (primary N) is 1. The van der Waals surface area contributed by atoms with Crippen LogP contribution < -0.4 is 5.73 Å². The largest absolute Gasteiger partial charge is 0.444 e. The fourth-order valence-electron chi connectivity index (χ4n) is 1.92. The molecule has 0 atom stereocenters. The Labute approximate surface area is 95.0 Å². The maximum absolute atomic E-state index is 11.4. The summed E-state index contributed by atoms with van der Waals surface area (Å²) in [5.74, 6) is 1.71. The van der Waals surface area contributed by atoms with Crippen LogP contribution in [0.1, 0.15) is 31.4 Å². The number of aromatic nitrogens is 1.